The van der Waals surface area contributed by atoms with Gasteiger partial charge in [-0.25, -0.2) is 17.6 Å². The Bertz CT molecular complexity index is 748. The molecule has 0 saturated heterocycles. The van der Waals surface area contributed by atoms with Gasteiger partial charge in [0.05, 0.1) is 12.1 Å². The molecule has 4 radical (unpaired) electrons. The second kappa shape index (κ2) is 17.0. The van der Waals surface area contributed by atoms with Crippen molar-refractivity contribution in [3.63, 3.8) is 0 Å². The van der Waals surface area contributed by atoms with E-state index in [1.54, 1.807) is 0 Å². The van der Waals surface area contributed by atoms with E-state index in [0.29, 0.717) is 24.3 Å². The fraction of sp³-hybridized carbons (Fsp3) is 0. The molecule has 2 rings (SSSR count). The van der Waals surface area contributed by atoms with Crippen molar-refractivity contribution in [2.75, 3.05) is 0 Å². The van der Waals surface area contributed by atoms with E-state index in [1.807, 2.05) is 0 Å². The molecule has 0 bridgehead atoms. The minimum atomic E-state index is -1.31. The molecule has 0 amide bonds. The summed E-state index contributed by atoms with van der Waals surface area (Å²) in [6, 6.07) is 1.55. The Morgan fingerprint density at radius 1 is 0.481 bits per heavy atom. The van der Waals surface area contributed by atoms with Crippen LogP contribution in [0.1, 0.15) is 0 Å². The molecule has 0 fully saturated rings. The summed E-state index contributed by atoms with van der Waals surface area (Å²) in [5.74, 6) is -7.33. The maximum absolute atomic E-state index is 12.4. The van der Waals surface area contributed by atoms with E-state index in [-0.39, 0.29) is 73.5 Å². The van der Waals surface area contributed by atoms with Crippen LogP contribution in [0, 0.1) is 45.7 Å². The largest absolute Gasteiger partial charge is 1.00 e. The molecule has 0 aliphatic heterocycles. The second-order valence-corrected chi connectivity index (χ2v) is 3.64. The topological polar surface area (TPSA) is 56.3 Å². The third kappa shape index (κ3) is 10.7. The van der Waals surface area contributed by atoms with Crippen molar-refractivity contribution in [1.29, 1.82) is 10.8 Å². The third-order valence-corrected chi connectivity index (χ3v) is 2.19. The SMILES string of the molecule is N#[N+]c1cc(F)c(F)cc1F.N#[N+]c1cc(F)c(F)cc1F.[Cl-].[Cl-].[Cl-].[Cl-].[Sn]. The van der Waals surface area contributed by atoms with Crippen molar-refractivity contribution in [2.45, 2.75) is 0 Å². The summed E-state index contributed by atoms with van der Waals surface area (Å²) in [6.45, 7) is 0. The van der Waals surface area contributed by atoms with Crippen LogP contribution in [0.4, 0.5) is 37.7 Å². The Balaban J connectivity index is -0.000000101. The molecule has 2 aromatic carbocycles. The van der Waals surface area contributed by atoms with Crippen molar-refractivity contribution < 1.29 is 76.0 Å². The van der Waals surface area contributed by atoms with E-state index in [4.69, 9.17) is 10.8 Å². The maximum atomic E-state index is 12.4. The van der Waals surface area contributed by atoms with Gasteiger partial charge in [0.15, 0.2) is 33.2 Å². The van der Waals surface area contributed by atoms with Gasteiger partial charge < -0.3 is 49.6 Å². The average Bonchev–Trinajstić information content (AvgIpc) is 2.47. The van der Waals surface area contributed by atoms with E-state index >= 15 is 0 Å². The molecule has 0 unspecified atom stereocenters. The number of halogens is 10. The fourth-order valence-electron chi connectivity index (χ4n) is 1.18. The first-order chi connectivity index (χ1) is 10.3. The Kier molecular flexibility index (Phi) is 23.0. The summed E-state index contributed by atoms with van der Waals surface area (Å²) < 4.78 is 73.5. The van der Waals surface area contributed by atoms with Crippen LogP contribution < -0.4 is 49.6 Å². The van der Waals surface area contributed by atoms with Crippen LogP contribution in [0.25, 0.3) is 9.95 Å². The van der Waals surface area contributed by atoms with Gasteiger partial charge in [0.25, 0.3) is 0 Å². The Hall–Kier alpha value is -1.18. The molecular formula is C12H4Cl4F6N4Sn-2. The standard InChI is InChI=1S/2C6H2F3N2.4ClH.Sn/c2*7-3-1-5(9)6(11-10)2-4(3)8;;;;;/h2*1-2H;4*1H;/q2*+1;;;;;/p-4. The van der Waals surface area contributed by atoms with Crippen molar-refractivity contribution in [2.24, 2.45) is 0 Å². The molecule has 2 aromatic rings. The number of hydrogen-bond acceptors (Lipinski definition) is 2. The van der Waals surface area contributed by atoms with Crippen molar-refractivity contribution in [3.05, 3.63) is 69.1 Å². The van der Waals surface area contributed by atoms with Crippen LogP contribution in [0.15, 0.2) is 24.3 Å². The van der Waals surface area contributed by atoms with Gasteiger partial charge in [0.2, 0.25) is 22.4 Å². The quantitative estimate of drug-likeness (QED) is 0.135. The van der Waals surface area contributed by atoms with Crippen LogP contribution in [-0.4, -0.2) is 23.9 Å². The van der Waals surface area contributed by atoms with Gasteiger partial charge in [-0.1, -0.05) is 0 Å². The van der Waals surface area contributed by atoms with Gasteiger partial charge in [-0.3, -0.25) is 0 Å². The molecule has 0 aliphatic rings. The average molecular weight is 579 g/mol. The Labute approximate surface area is 190 Å². The molecule has 0 spiro atoms. The first-order valence-electron chi connectivity index (χ1n) is 5.29. The summed E-state index contributed by atoms with van der Waals surface area (Å²) in [4.78, 5) is 4.78. The van der Waals surface area contributed by atoms with Crippen molar-refractivity contribution >= 4 is 35.3 Å². The fourth-order valence-corrected chi connectivity index (χ4v) is 1.18. The summed E-state index contributed by atoms with van der Waals surface area (Å²) in [7, 11) is 0. The van der Waals surface area contributed by atoms with Gasteiger partial charge in [-0.2, -0.15) is 8.78 Å². The van der Waals surface area contributed by atoms with Gasteiger partial charge in [-0.15, -0.1) is 0 Å². The Morgan fingerprint density at radius 2 is 0.704 bits per heavy atom. The number of diazo groups is 2. The molecule has 4 nitrogen and oxygen atoms in total. The molecule has 27 heavy (non-hydrogen) atoms. The van der Waals surface area contributed by atoms with E-state index in [9.17, 15) is 26.3 Å². The van der Waals surface area contributed by atoms with E-state index in [1.165, 1.54) is 0 Å². The molecule has 0 heterocycles. The molecular weight excluding hydrogens is 575 g/mol. The van der Waals surface area contributed by atoms with Gasteiger partial charge in [0.1, 0.15) is 0 Å². The molecule has 0 saturated carbocycles. The maximum Gasteiger partial charge on any atom is 0.423 e. The predicted molar refractivity (Wildman–Crippen MR) is 67.9 cm³/mol. The zero-order chi connectivity index (χ0) is 16.9. The van der Waals surface area contributed by atoms with Crippen LogP contribution >= 0.6 is 0 Å². The van der Waals surface area contributed by atoms with Crippen LogP contribution in [0.3, 0.4) is 0 Å². The predicted octanol–water partition coefficient (Wildman–Crippen LogP) is -7.19. The Morgan fingerprint density at radius 3 is 0.926 bits per heavy atom. The van der Waals surface area contributed by atoms with E-state index in [0.717, 1.165) is 0 Å². The zero-order valence-electron chi connectivity index (χ0n) is 12.4. The summed E-state index contributed by atoms with van der Waals surface area (Å²) in [5, 5.41) is 16.1. The molecule has 15 heteroatoms. The van der Waals surface area contributed by atoms with Gasteiger partial charge in [-0.05, 0) is 0 Å². The zero-order valence-corrected chi connectivity index (χ0v) is 18.3. The van der Waals surface area contributed by atoms with E-state index in [2.05, 4.69) is 9.95 Å². The monoisotopic (exact) mass is 578 g/mol. The van der Waals surface area contributed by atoms with E-state index < -0.39 is 46.3 Å². The number of nitrogens with zero attached hydrogens (tertiary/aromatic N) is 4. The van der Waals surface area contributed by atoms with Crippen LogP contribution in [0.5, 0.6) is 0 Å². The minimum Gasteiger partial charge on any atom is -1.00 e. The number of benzene rings is 2. The normalized spacial score (nSPS) is 7.56. The van der Waals surface area contributed by atoms with Gasteiger partial charge in [0, 0.05) is 36.0 Å². The molecule has 148 valence electrons. The van der Waals surface area contributed by atoms with Gasteiger partial charge >= 0.3 is 11.4 Å². The second-order valence-electron chi connectivity index (χ2n) is 3.64. The number of hydrogen-bond donors (Lipinski definition) is 0. The number of rotatable bonds is 0. The first-order valence-corrected chi connectivity index (χ1v) is 5.29. The third-order valence-electron chi connectivity index (χ3n) is 2.19. The first kappa shape index (κ1) is 36.7. The summed E-state index contributed by atoms with van der Waals surface area (Å²) in [5.41, 5.74) is -1.24. The summed E-state index contributed by atoms with van der Waals surface area (Å²) in [6.07, 6.45) is 0. The smallest absolute Gasteiger partial charge is 0.423 e. The molecule has 0 atom stereocenters. The minimum absolute atomic E-state index is 0. The molecule has 0 aromatic heterocycles. The molecule has 0 aliphatic carbocycles. The summed E-state index contributed by atoms with van der Waals surface area (Å²) >= 11 is 0. The van der Waals surface area contributed by atoms with Crippen LogP contribution in [-0.2, 0) is 0 Å². The molecule has 0 N–H and O–H groups in total. The van der Waals surface area contributed by atoms with Crippen molar-refractivity contribution in [1.82, 2.24) is 0 Å². The van der Waals surface area contributed by atoms with Crippen molar-refractivity contribution in [3.8, 4) is 0 Å². The van der Waals surface area contributed by atoms with Crippen LogP contribution in [0.2, 0.25) is 0 Å².